The van der Waals surface area contributed by atoms with Crippen LogP contribution in [-0.2, 0) is 11.2 Å². The standard InChI is InChI=1S/C24H23ClN2O3/c1-16-9-10-19(14-17(16)2)23(28)27-22(15-20-7-5-13-30-20)24(29)26-12-11-18-6-3-4-8-21(18)25/h3-10,13-15H,11-12H2,1-2H3,(H,26,29)(H,27,28)/b22-15-. The third-order valence-electron chi connectivity index (χ3n) is 4.73. The average molecular weight is 423 g/mol. The van der Waals surface area contributed by atoms with E-state index in [9.17, 15) is 9.59 Å². The van der Waals surface area contributed by atoms with Crippen LogP contribution in [0, 0.1) is 13.8 Å². The van der Waals surface area contributed by atoms with Crippen LogP contribution in [0.15, 0.2) is 71.0 Å². The molecule has 6 heteroatoms. The van der Waals surface area contributed by atoms with Gasteiger partial charge >= 0.3 is 0 Å². The van der Waals surface area contributed by atoms with E-state index >= 15 is 0 Å². The second kappa shape index (κ2) is 9.94. The third kappa shape index (κ3) is 5.61. The molecule has 0 spiro atoms. The highest BCUT2D eigenvalue weighted by molar-refractivity contribution is 6.31. The number of hydrogen-bond acceptors (Lipinski definition) is 3. The predicted octanol–water partition coefficient (Wildman–Crippen LogP) is 4.68. The van der Waals surface area contributed by atoms with Gasteiger partial charge < -0.3 is 15.1 Å². The van der Waals surface area contributed by atoms with Gasteiger partial charge in [-0.1, -0.05) is 35.9 Å². The number of nitrogens with one attached hydrogen (secondary N) is 2. The molecule has 0 fully saturated rings. The fourth-order valence-corrected chi connectivity index (χ4v) is 3.09. The van der Waals surface area contributed by atoms with E-state index in [1.807, 2.05) is 44.2 Å². The number of amides is 2. The molecule has 2 aromatic carbocycles. The number of hydrogen-bond donors (Lipinski definition) is 2. The lowest BCUT2D eigenvalue weighted by Crippen LogP contribution is -2.35. The number of benzene rings is 2. The molecule has 2 amide bonds. The number of carbonyl (C=O) groups excluding carboxylic acids is 2. The highest BCUT2D eigenvalue weighted by Gasteiger charge is 2.16. The first-order chi connectivity index (χ1) is 14.4. The summed E-state index contributed by atoms with van der Waals surface area (Å²) in [4.78, 5) is 25.5. The van der Waals surface area contributed by atoms with E-state index in [1.165, 1.54) is 12.3 Å². The molecular weight excluding hydrogens is 400 g/mol. The van der Waals surface area contributed by atoms with Crippen LogP contribution in [0.4, 0.5) is 0 Å². The molecule has 5 nitrogen and oxygen atoms in total. The minimum absolute atomic E-state index is 0.104. The number of aryl methyl sites for hydroxylation is 2. The smallest absolute Gasteiger partial charge is 0.267 e. The Morgan fingerprint density at radius 3 is 2.53 bits per heavy atom. The van der Waals surface area contributed by atoms with Crippen LogP contribution >= 0.6 is 11.6 Å². The van der Waals surface area contributed by atoms with Crippen molar-refractivity contribution in [2.45, 2.75) is 20.3 Å². The van der Waals surface area contributed by atoms with Crippen LogP contribution in [0.3, 0.4) is 0 Å². The van der Waals surface area contributed by atoms with Gasteiger partial charge in [0, 0.05) is 23.2 Å². The maximum Gasteiger partial charge on any atom is 0.267 e. The fourth-order valence-electron chi connectivity index (χ4n) is 2.86. The summed E-state index contributed by atoms with van der Waals surface area (Å²) in [6, 6.07) is 16.3. The Morgan fingerprint density at radius 2 is 1.83 bits per heavy atom. The maximum atomic E-state index is 12.8. The Morgan fingerprint density at radius 1 is 1.03 bits per heavy atom. The molecule has 2 N–H and O–H groups in total. The van der Waals surface area contributed by atoms with Gasteiger partial charge in [0.1, 0.15) is 11.5 Å². The molecule has 3 rings (SSSR count). The van der Waals surface area contributed by atoms with Gasteiger partial charge in [-0.15, -0.1) is 0 Å². The van der Waals surface area contributed by atoms with E-state index < -0.39 is 5.91 Å². The summed E-state index contributed by atoms with van der Waals surface area (Å²) in [5, 5.41) is 6.18. The average Bonchev–Trinajstić information content (AvgIpc) is 3.24. The molecule has 0 saturated heterocycles. The van der Waals surface area contributed by atoms with Gasteiger partial charge in [-0.25, -0.2) is 0 Å². The van der Waals surface area contributed by atoms with Crippen LogP contribution < -0.4 is 10.6 Å². The zero-order valence-electron chi connectivity index (χ0n) is 16.9. The number of rotatable bonds is 7. The molecule has 154 valence electrons. The molecule has 1 heterocycles. The fraction of sp³-hybridized carbons (Fsp3) is 0.167. The van der Waals surface area contributed by atoms with E-state index in [2.05, 4.69) is 10.6 Å². The molecule has 0 unspecified atom stereocenters. The van der Waals surface area contributed by atoms with Crippen LogP contribution in [0.5, 0.6) is 0 Å². The van der Waals surface area contributed by atoms with Crippen molar-refractivity contribution in [1.82, 2.24) is 10.6 Å². The predicted molar refractivity (Wildman–Crippen MR) is 118 cm³/mol. The minimum atomic E-state index is -0.407. The lowest BCUT2D eigenvalue weighted by atomic mass is 10.1. The minimum Gasteiger partial charge on any atom is -0.465 e. The van der Waals surface area contributed by atoms with Gasteiger partial charge in [0.25, 0.3) is 11.8 Å². The largest absolute Gasteiger partial charge is 0.465 e. The second-order valence-electron chi connectivity index (χ2n) is 6.92. The Labute approximate surface area is 180 Å². The monoisotopic (exact) mass is 422 g/mol. The van der Waals surface area contributed by atoms with Crippen molar-refractivity contribution in [3.8, 4) is 0 Å². The molecule has 0 bridgehead atoms. The maximum absolute atomic E-state index is 12.8. The normalized spacial score (nSPS) is 11.2. The molecule has 0 aliphatic carbocycles. The molecule has 0 aliphatic heterocycles. The van der Waals surface area contributed by atoms with E-state index in [1.54, 1.807) is 24.3 Å². The van der Waals surface area contributed by atoms with Crippen LogP contribution in [0.25, 0.3) is 6.08 Å². The third-order valence-corrected chi connectivity index (χ3v) is 5.10. The van der Waals surface area contributed by atoms with Crippen molar-refractivity contribution < 1.29 is 14.0 Å². The van der Waals surface area contributed by atoms with Crippen LogP contribution in [0.2, 0.25) is 5.02 Å². The van der Waals surface area contributed by atoms with Gasteiger partial charge in [0.15, 0.2) is 0 Å². The highest BCUT2D eigenvalue weighted by atomic mass is 35.5. The topological polar surface area (TPSA) is 71.3 Å². The second-order valence-corrected chi connectivity index (χ2v) is 7.33. The number of carbonyl (C=O) groups is 2. The van der Waals surface area contributed by atoms with Crippen molar-refractivity contribution in [3.05, 3.63) is 99.6 Å². The first kappa shape index (κ1) is 21.4. The summed E-state index contributed by atoms with van der Waals surface area (Å²) >= 11 is 6.16. The van der Waals surface area contributed by atoms with E-state index in [0.717, 1.165) is 16.7 Å². The summed E-state index contributed by atoms with van der Waals surface area (Å²) in [7, 11) is 0. The number of furan rings is 1. The van der Waals surface area contributed by atoms with Crippen molar-refractivity contribution in [3.63, 3.8) is 0 Å². The van der Waals surface area contributed by atoms with E-state index in [0.29, 0.717) is 29.3 Å². The Balaban J connectivity index is 1.72. The quantitative estimate of drug-likeness (QED) is 0.543. The molecule has 30 heavy (non-hydrogen) atoms. The van der Waals surface area contributed by atoms with Crippen molar-refractivity contribution in [1.29, 1.82) is 0 Å². The van der Waals surface area contributed by atoms with Gasteiger partial charge in [0.2, 0.25) is 0 Å². The van der Waals surface area contributed by atoms with E-state index in [4.69, 9.17) is 16.0 Å². The molecule has 3 aromatic rings. The van der Waals surface area contributed by atoms with Crippen LogP contribution in [-0.4, -0.2) is 18.4 Å². The van der Waals surface area contributed by atoms with Gasteiger partial charge in [-0.3, -0.25) is 9.59 Å². The summed E-state index contributed by atoms with van der Waals surface area (Å²) < 4.78 is 5.30. The SMILES string of the molecule is Cc1ccc(C(=O)N/C(=C\c2ccco2)C(=O)NCCc2ccccc2Cl)cc1C. The van der Waals surface area contributed by atoms with Crippen LogP contribution in [0.1, 0.15) is 32.8 Å². The van der Waals surface area contributed by atoms with Gasteiger partial charge in [-0.05, 0) is 67.3 Å². The lowest BCUT2D eigenvalue weighted by molar-refractivity contribution is -0.117. The Hall–Kier alpha value is -3.31. The highest BCUT2D eigenvalue weighted by Crippen LogP contribution is 2.15. The Kier molecular flexibility index (Phi) is 7.09. The first-order valence-electron chi connectivity index (χ1n) is 9.59. The summed E-state index contributed by atoms with van der Waals surface area (Å²) in [6.07, 6.45) is 3.58. The zero-order chi connectivity index (χ0) is 21.5. The molecule has 0 saturated carbocycles. The summed E-state index contributed by atoms with van der Waals surface area (Å²) in [6.45, 7) is 4.29. The van der Waals surface area contributed by atoms with Gasteiger partial charge in [0.05, 0.1) is 6.26 Å². The molecule has 1 aromatic heterocycles. The molecule has 0 radical (unpaired) electrons. The lowest BCUT2D eigenvalue weighted by Gasteiger charge is -2.12. The van der Waals surface area contributed by atoms with E-state index in [-0.39, 0.29) is 11.6 Å². The van der Waals surface area contributed by atoms with Crippen molar-refractivity contribution >= 4 is 29.5 Å². The zero-order valence-corrected chi connectivity index (χ0v) is 17.6. The summed E-state index contributed by atoms with van der Waals surface area (Å²) in [5.41, 5.74) is 3.62. The van der Waals surface area contributed by atoms with Crippen molar-refractivity contribution in [2.75, 3.05) is 6.54 Å². The van der Waals surface area contributed by atoms with Crippen molar-refractivity contribution in [2.24, 2.45) is 0 Å². The Bertz CT molecular complexity index is 1070. The number of halogens is 1. The summed E-state index contributed by atoms with van der Waals surface area (Å²) in [5.74, 6) is -0.306. The molecule has 0 atom stereocenters. The van der Waals surface area contributed by atoms with Gasteiger partial charge in [-0.2, -0.15) is 0 Å². The first-order valence-corrected chi connectivity index (χ1v) is 9.97. The molecular formula is C24H23ClN2O3. The molecule has 0 aliphatic rings.